The lowest BCUT2D eigenvalue weighted by Crippen LogP contribution is -2.55. The smallest absolute Gasteiger partial charge is 0.324 e. The fourth-order valence-electron chi connectivity index (χ4n) is 2.71. The van der Waals surface area contributed by atoms with Crippen molar-refractivity contribution in [3.8, 4) is 0 Å². The number of hydrogen-bond acceptors (Lipinski definition) is 2. The maximum atomic E-state index is 12.9. The second-order valence-electron chi connectivity index (χ2n) is 5.43. The van der Waals surface area contributed by atoms with Gasteiger partial charge in [0.25, 0.3) is 0 Å². The molecule has 0 aromatic heterocycles. The summed E-state index contributed by atoms with van der Waals surface area (Å²) >= 11 is 0. The van der Waals surface area contributed by atoms with Crippen LogP contribution in [0.2, 0.25) is 0 Å². The van der Waals surface area contributed by atoms with E-state index in [1.165, 1.54) is 18.6 Å². The standard InChI is InChI=1S/C15H20FNO2/c1-15(14(18)19,17-9-3-2-4-10-17)11-12-5-7-13(16)8-6-12/h5-8H,2-4,9-11H2,1H3,(H,18,19). The molecule has 0 radical (unpaired) electrons. The van der Waals surface area contributed by atoms with Crippen molar-refractivity contribution >= 4 is 5.97 Å². The van der Waals surface area contributed by atoms with Crippen LogP contribution in [0.1, 0.15) is 31.7 Å². The van der Waals surface area contributed by atoms with Gasteiger partial charge in [-0.05, 0) is 50.6 Å². The van der Waals surface area contributed by atoms with Crippen LogP contribution in [0.25, 0.3) is 0 Å². The van der Waals surface area contributed by atoms with Gasteiger partial charge in [-0.2, -0.15) is 0 Å². The second kappa shape index (κ2) is 5.70. The van der Waals surface area contributed by atoms with Crippen molar-refractivity contribution in [1.82, 2.24) is 4.90 Å². The van der Waals surface area contributed by atoms with Crippen molar-refractivity contribution in [2.45, 2.75) is 38.1 Å². The Kier molecular flexibility index (Phi) is 4.20. The van der Waals surface area contributed by atoms with Gasteiger partial charge in [-0.3, -0.25) is 9.69 Å². The summed E-state index contributed by atoms with van der Waals surface area (Å²) in [6, 6.07) is 6.10. The summed E-state index contributed by atoms with van der Waals surface area (Å²) in [5, 5.41) is 9.58. The second-order valence-corrected chi connectivity index (χ2v) is 5.43. The van der Waals surface area contributed by atoms with E-state index in [-0.39, 0.29) is 5.82 Å². The van der Waals surface area contributed by atoms with Crippen LogP contribution in [0.5, 0.6) is 0 Å². The number of halogens is 1. The molecule has 4 heteroatoms. The van der Waals surface area contributed by atoms with Gasteiger partial charge in [0, 0.05) is 6.42 Å². The number of piperidine rings is 1. The molecule has 1 atom stereocenters. The van der Waals surface area contributed by atoms with Crippen LogP contribution >= 0.6 is 0 Å². The molecule has 1 aromatic carbocycles. The van der Waals surface area contributed by atoms with Gasteiger partial charge >= 0.3 is 5.97 Å². The van der Waals surface area contributed by atoms with Gasteiger partial charge in [0.1, 0.15) is 11.4 Å². The molecule has 19 heavy (non-hydrogen) atoms. The molecule has 1 fully saturated rings. The number of carboxylic acid groups (broad SMARTS) is 1. The lowest BCUT2D eigenvalue weighted by Gasteiger charge is -2.40. The normalized spacial score (nSPS) is 19.9. The molecule has 1 aromatic rings. The first-order chi connectivity index (χ1) is 9.02. The summed E-state index contributed by atoms with van der Waals surface area (Å²) in [7, 11) is 0. The first kappa shape index (κ1) is 14.0. The third kappa shape index (κ3) is 3.13. The predicted octanol–water partition coefficient (Wildman–Crippen LogP) is 2.70. The molecule has 1 unspecified atom stereocenters. The average Bonchev–Trinajstić information content (AvgIpc) is 2.42. The largest absolute Gasteiger partial charge is 0.480 e. The van der Waals surface area contributed by atoms with Crippen molar-refractivity contribution in [2.24, 2.45) is 0 Å². The maximum Gasteiger partial charge on any atom is 0.324 e. The van der Waals surface area contributed by atoms with E-state index in [2.05, 4.69) is 0 Å². The monoisotopic (exact) mass is 265 g/mol. The summed E-state index contributed by atoms with van der Waals surface area (Å²) in [6.07, 6.45) is 3.67. The predicted molar refractivity (Wildman–Crippen MR) is 71.6 cm³/mol. The number of likely N-dealkylation sites (tertiary alicyclic amines) is 1. The van der Waals surface area contributed by atoms with E-state index in [1.54, 1.807) is 19.1 Å². The Hall–Kier alpha value is -1.42. The maximum absolute atomic E-state index is 12.9. The molecule has 1 N–H and O–H groups in total. The molecular weight excluding hydrogens is 245 g/mol. The topological polar surface area (TPSA) is 40.5 Å². The number of aliphatic carboxylic acids is 1. The highest BCUT2D eigenvalue weighted by Crippen LogP contribution is 2.25. The third-order valence-electron chi connectivity index (χ3n) is 3.98. The first-order valence-electron chi connectivity index (χ1n) is 6.75. The fourth-order valence-corrected chi connectivity index (χ4v) is 2.71. The van der Waals surface area contributed by atoms with E-state index >= 15 is 0 Å². The van der Waals surface area contributed by atoms with E-state index in [0.29, 0.717) is 6.42 Å². The van der Waals surface area contributed by atoms with Crippen molar-refractivity contribution in [1.29, 1.82) is 0 Å². The molecule has 3 nitrogen and oxygen atoms in total. The fraction of sp³-hybridized carbons (Fsp3) is 0.533. The Morgan fingerprint density at radius 2 is 1.84 bits per heavy atom. The zero-order valence-electron chi connectivity index (χ0n) is 11.2. The van der Waals surface area contributed by atoms with Crippen molar-refractivity contribution in [3.05, 3.63) is 35.6 Å². The summed E-state index contributed by atoms with van der Waals surface area (Å²) in [6.45, 7) is 3.41. The molecule has 1 aliphatic rings. The highest BCUT2D eigenvalue weighted by Gasteiger charge is 2.39. The summed E-state index contributed by atoms with van der Waals surface area (Å²) in [5.41, 5.74) is -0.0463. The molecule has 0 bridgehead atoms. The minimum absolute atomic E-state index is 0.293. The van der Waals surface area contributed by atoms with Crippen LogP contribution < -0.4 is 0 Å². The lowest BCUT2D eigenvalue weighted by molar-refractivity contribution is -0.151. The molecule has 104 valence electrons. The molecule has 1 aliphatic heterocycles. The lowest BCUT2D eigenvalue weighted by atomic mass is 9.89. The zero-order valence-corrected chi connectivity index (χ0v) is 11.2. The molecule has 0 amide bonds. The van der Waals surface area contributed by atoms with Crippen LogP contribution in [-0.4, -0.2) is 34.6 Å². The number of benzene rings is 1. The quantitative estimate of drug-likeness (QED) is 0.910. The number of nitrogens with zero attached hydrogens (tertiary/aromatic N) is 1. The van der Waals surface area contributed by atoms with Crippen LogP contribution in [0.3, 0.4) is 0 Å². The SMILES string of the molecule is CC(Cc1ccc(F)cc1)(C(=O)O)N1CCCCC1. The Labute approximate surface area is 113 Å². The average molecular weight is 265 g/mol. The number of carbonyl (C=O) groups is 1. The Morgan fingerprint density at radius 3 is 2.37 bits per heavy atom. The van der Waals surface area contributed by atoms with Crippen molar-refractivity contribution in [3.63, 3.8) is 0 Å². The van der Waals surface area contributed by atoms with Gasteiger partial charge in [-0.1, -0.05) is 18.6 Å². The van der Waals surface area contributed by atoms with Crippen LogP contribution in [0.15, 0.2) is 24.3 Å². The van der Waals surface area contributed by atoms with Gasteiger partial charge in [-0.15, -0.1) is 0 Å². The number of hydrogen-bond donors (Lipinski definition) is 1. The Balaban J connectivity index is 2.18. The molecule has 0 saturated carbocycles. The minimum Gasteiger partial charge on any atom is -0.480 e. The van der Waals surface area contributed by atoms with E-state index in [9.17, 15) is 14.3 Å². The van der Waals surface area contributed by atoms with E-state index in [1.807, 2.05) is 4.90 Å². The van der Waals surface area contributed by atoms with Crippen LogP contribution in [0, 0.1) is 5.82 Å². The Morgan fingerprint density at radius 1 is 1.26 bits per heavy atom. The summed E-state index contributed by atoms with van der Waals surface area (Å²) in [5.74, 6) is -1.10. The summed E-state index contributed by atoms with van der Waals surface area (Å²) < 4.78 is 12.9. The van der Waals surface area contributed by atoms with E-state index in [0.717, 1.165) is 31.5 Å². The molecule has 1 heterocycles. The van der Waals surface area contributed by atoms with Gasteiger partial charge in [0.2, 0.25) is 0 Å². The zero-order chi connectivity index (χ0) is 13.9. The minimum atomic E-state index is -0.905. The van der Waals surface area contributed by atoms with Gasteiger partial charge in [0.05, 0.1) is 0 Å². The highest BCUT2D eigenvalue weighted by molar-refractivity contribution is 5.78. The van der Waals surface area contributed by atoms with Gasteiger partial charge < -0.3 is 5.11 Å². The highest BCUT2D eigenvalue weighted by atomic mass is 19.1. The molecule has 2 rings (SSSR count). The first-order valence-corrected chi connectivity index (χ1v) is 6.75. The van der Waals surface area contributed by atoms with E-state index < -0.39 is 11.5 Å². The molecule has 0 spiro atoms. The number of rotatable bonds is 4. The van der Waals surface area contributed by atoms with Crippen molar-refractivity contribution in [2.75, 3.05) is 13.1 Å². The van der Waals surface area contributed by atoms with Crippen LogP contribution in [0.4, 0.5) is 4.39 Å². The van der Waals surface area contributed by atoms with Crippen molar-refractivity contribution < 1.29 is 14.3 Å². The summed E-state index contributed by atoms with van der Waals surface area (Å²) in [4.78, 5) is 13.7. The van der Waals surface area contributed by atoms with Gasteiger partial charge in [-0.25, -0.2) is 4.39 Å². The van der Waals surface area contributed by atoms with Crippen LogP contribution in [-0.2, 0) is 11.2 Å². The number of carboxylic acids is 1. The Bertz CT molecular complexity index is 440. The molecular formula is C15H20FNO2. The molecule has 0 aliphatic carbocycles. The van der Waals surface area contributed by atoms with E-state index in [4.69, 9.17) is 0 Å². The third-order valence-corrected chi connectivity index (χ3v) is 3.98. The molecule has 1 saturated heterocycles. The van der Waals surface area contributed by atoms with Gasteiger partial charge in [0.15, 0.2) is 0 Å².